The molecule has 0 fully saturated rings. The Hall–Kier alpha value is -1.85. The fourth-order valence-electron chi connectivity index (χ4n) is 1.70. The Morgan fingerprint density at radius 2 is 2.06 bits per heavy atom. The molecule has 0 amide bonds. The van der Waals surface area contributed by atoms with Gasteiger partial charge in [-0.2, -0.15) is 13.2 Å². The van der Waals surface area contributed by atoms with Crippen LogP contribution in [0, 0.1) is 0 Å². The zero-order valence-electron chi connectivity index (χ0n) is 9.64. The van der Waals surface area contributed by atoms with Gasteiger partial charge in [0, 0.05) is 0 Å². The number of rotatable bonds is 2. The molecule has 1 aromatic carbocycles. The highest BCUT2D eigenvalue weighted by molar-refractivity contribution is 5.74. The second-order valence-corrected chi connectivity index (χ2v) is 4.01. The summed E-state index contributed by atoms with van der Waals surface area (Å²) >= 11 is 0. The van der Waals surface area contributed by atoms with Crippen LogP contribution in [0.5, 0.6) is 0 Å². The van der Waals surface area contributed by atoms with Gasteiger partial charge in [0.05, 0.1) is 17.5 Å². The van der Waals surface area contributed by atoms with Crippen LogP contribution in [-0.2, 0) is 12.8 Å². The number of nitrogens with one attached hydrogen (secondary N) is 1. The standard InChI is InChI=1S/C12H11F3N2O/c1-2-7-3-4-8-9(5-7)17-11(18)10(16-8)6-12(13,14)15/h3-5H,2,6H2,1H3,(H,17,18). The number of fused-ring (bicyclic) bond motifs is 1. The molecule has 3 nitrogen and oxygen atoms in total. The molecule has 96 valence electrons. The Kier molecular flexibility index (Phi) is 3.11. The zero-order chi connectivity index (χ0) is 13.3. The van der Waals surface area contributed by atoms with E-state index in [0.717, 1.165) is 12.0 Å². The summed E-state index contributed by atoms with van der Waals surface area (Å²) < 4.78 is 36.7. The Balaban J connectivity index is 2.53. The monoisotopic (exact) mass is 256 g/mol. The van der Waals surface area contributed by atoms with Crippen molar-refractivity contribution in [3.8, 4) is 0 Å². The zero-order valence-corrected chi connectivity index (χ0v) is 9.64. The van der Waals surface area contributed by atoms with Crippen molar-refractivity contribution in [2.45, 2.75) is 25.9 Å². The topological polar surface area (TPSA) is 45.8 Å². The molecule has 0 aliphatic rings. The van der Waals surface area contributed by atoms with Crippen LogP contribution in [0.15, 0.2) is 23.0 Å². The summed E-state index contributed by atoms with van der Waals surface area (Å²) in [7, 11) is 0. The summed E-state index contributed by atoms with van der Waals surface area (Å²) in [6, 6.07) is 5.12. The van der Waals surface area contributed by atoms with Gasteiger partial charge in [0.1, 0.15) is 5.69 Å². The Morgan fingerprint density at radius 1 is 1.33 bits per heavy atom. The van der Waals surface area contributed by atoms with Crippen LogP contribution in [0.4, 0.5) is 13.2 Å². The van der Waals surface area contributed by atoms with Crippen LogP contribution in [0.2, 0.25) is 0 Å². The van der Waals surface area contributed by atoms with Crippen molar-refractivity contribution in [2.24, 2.45) is 0 Å². The number of hydrogen-bond acceptors (Lipinski definition) is 2. The summed E-state index contributed by atoms with van der Waals surface area (Å²) in [5.41, 5.74) is 0.534. The molecular weight excluding hydrogens is 245 g/mol. The first-order chi connectivity index (χ1) is 8.39. The largest absolute Gasteiger partial charge is 0.394 e. The number of hydrogen-bond donors (Lipinski definition) is 1. The van der Waals surface area contributed by atoms with Crippen molar-refractivity contribution in [3.05, 3.63) is 39.8 Å². The number of aromatic amines is 1. The SMILES string of the molecule is CCc1ccc2nc(CC(F)(F)F)c(=O)[nH]c2c1. The lowest BCUT2D eigenvalue weighted by molar-refractivity contribution is -0.128. The molecule has 0 saturated carbocycles. The quantitative estimate of drug-likeness (QED) is 0.897. The molecule has 0 bridgehead atoms. The molecule has 0 unspecified atom stereocenters. The smallest absolute Gasteiger partial charge is 0.319 e. The third-order valence-electron chi connectivity index (χ3n) is 2.60. The maximum Gasteiger partial charge on any atom is 0.394 e. The third kappa shape index (κ3) is 2.69. The van der Waals surface area contributed by atoms with E-state index >= 15 is 0 Å². The van der Waals surface area contributed by atoms with Gasteiger partial charge in [-0.25, -0.2) is 4.98 Å². The molecule has 0 aliphatic carbocycles. The lowest BCUT2D eigenvalue weighted by Gasteiger charge is -2.06. The molecule has 1 aromatic heterocycles. The number of halogens is 3. The highest BCUT2D eigenvalue weighted by Crippen LogP contribution is 2.19. The van der Waals surface area contributed by atoms with E-state index in [0.29, 0.717) is 11.0 Å². The molecule has 0 spiro atoms. The third-order valence-corrected chi connectivity index (χ3v) is 2.60. The highest BCUT2D eigenvalue weighted by atomic mass is 19.4. The molecule has 2 rings (SSSR count). The minimum absolute atomic E-state index is 0.367. The number of nitrogens with zero attached hydrogens (tertiary/aromatic N) is 1. The van der Waals surface area contributed by atoms with Crippen molar-refractivity contribution < 1.29 is 13.2 Å². The van der Waals surface area contributed by atoms with Crippen molar-refractivity contribution in [3.63, 3.8) is 0 Å². The molecule has 1 heterocycles. The van der Waals surface area contributed by atoms with Gasteiger partial charge in [0.15, 0.2) is 0 Å². The molecule has 6 heteroatoms. The van der Waals surface area contributed by atoms with E-state index in [1.165, 1.54) is 0 Å². The molecular formula is C12H11F3N2O. The van der Waals surface area contributed by atoms with Crippen molar-refractivity contribution in [2.75, 3.05) is 0 Å². The van der Waals surface area contributed by atoms with Crippen molar-refractivity contribution in [1.82, 2.24) is 9.97 Å². The lowest BCUT2D eigenvalue weighted by atomic mass is 10.1. The Morgan fingerprint density at radius 3 is 2.67 bits per heavy atom. The Bertz CT molecular complexity index is 631. The van der Waals surface area contributed by atoms with E-state index in [1.54, 1.807) is 18.2 Å². The van der Waals surface area contributed by atoms with E-state index in [9.17, 15) is 18.0 Å². The average molecular weight is 256 g/mol. The van der Waals surface area contributed by atoms with Gasteiger partial charge < -0.3 is 4.98 Å². The summed E-state index contributed by atoms with van der Waals surface area (Å²) in [5, 5.41) is 0. The van der Waals surface area contributed by atoms with Crippen LogP contribution in [0.3, 0.4) is 0 Å². The Labute approximate surface area is 101 Å². The molecule has 1 N–H and O–H groups in total. The van der Waals surface area contributed by atoms with Crippen molar-refractivity contribution >= 4 is 11.0 Å². The molecule has 0 radical (unpaired) electrons. The predicted octanol–water partition coefficient (Wildman–Crippen LogP) is 2.59. The first kappa shape index (κ1) is 12.6. The van der Waals surface area contributed by atoms with Gasteiger partial charge in [-0.3, -0.25) is 4.79 Å². The number of alkyl halides is 3. The fourth-order valence-corrected chi connectivity index (χ4v) is 1.70. The second-order valence-electron chi connectivity index (χ2n) is 4.01. The van der Waals surface area contributed by atoms with E-state index < -0.39 is 23.9 Å². The molecule has 0 saturated heterocycles. The summed E-state index contributed by atoms with van der Waals surface area (Å²) in [5.74, 6) is 0. The van der Waals surface area contributed by atoms with Gasteiger partial charge in [-0.05, 0) is 24.1 Å². The fraction of sp³-hybridized carbons (Fsp3) is 0.333. The van der Waals surface area contributed by atoms with E-state index in [1.807, 2.05) is 6.92 Å². The lowest BCUT2D eigenvalue weighted by Crippen LogP contribution is -2.22. The van der Waals surface area contributed by atoms with Crippen molar-refractivity contribution in [1.29, 1.82) is 0 Å². The maximum atomic E-state index is 12.2. The minimum Gasteiger partial charge on any atom is -0.319 e. The van der Waals surface area contributed by atoms with Gasteiger partial charge in [-0.1, -0.05) is 13.0 Å². The first-order valence-electron chi connectivity index (χ1n) is 5.47. The van der Waals surface area contributed by atoms with Crippen LogP contribution in [-0.4, -0.2) is 16.1 Å². The minimum atomic E-state index is -4.43. The number of H-pyrrole nitrogens is 1. The number of aromatic nitrogens is 2. The maximum absolute atomic E-state index is 12.2. The number of aryl methyl sites for hydroxylation is 1. The summed E-state index contributed by atoms with van der Waals surface area (Å²) in [6.45, 7) is 1.95. The second kappa shape index (κ2) is 4.44. The van der Waals surface area contributed by atoms with Crippen LogP contribution in [0.1, 0.15) is 18.2 Å². The normalized spacial score (nSPS) is 12.0. The summed E-state index contributed by atoms with van der Waals surface area (Å²) in [6.07, 6.45) is -4.97. The molecule has 18 heavy (non-hydrogen) atoms. The van der Waals surface area contributed by atoms with Crippen LogP contribution < -0.4 is 5.56 Å². The number of benzene rings is 1. The van der Waals surface area contributed by atoms with Crippen LogP contribution in [0.25, 0.3) is 11.0 Å². The molecule has 2 aromatic rings. The van der Waals surface area contributed by atoms with E-state index in [2.05, 4.69) is 9.97 Å². The van der Waals surface area contributed by atoms with E-state index in [4.69, 9.17) is 0 Å². The molecule has 0 aliphatic heterocycles. The predicted molar refractivity (Wildman–Crippen MR) is 61.5 cm³/mol. The van der Waals surface area contributed by atoms with Crippen LogP contribution >= 0.6 is 0 Å². The molecule has 0 atom stereocenters. The summed E-state index contributed by atoms with van der Waals surface area (Å²) in [4.78, 5) is 17.7. The highest BCUT2D eigenvalue weighted by Gasteiger charge is 2.30. The van der Waals surface area contributed by atoms with Gasteiger partial charge in [0.2, 0.25) is 0 Å². The average Bonchev–Trinajstić information content (AvgIpc) is 2.27. The van der Waals surface area contributed by atoms with Gasteiger partial charge >= 0.3 is 6.18 Å². The van der Waals surface area contributed by atoms with Gasteiger partial charge in [0.25, 0.3) is 5.56 Å². The van der Waals surface area contributed by atoms with Gasteiger partial charge in [-0.15, -0.1) is 0 Å². The van der Waals surface area contributed by atoms with E-state index in [-0.39, 0.29) is 0 Å². The first-order valence-corrected chi connectivity index (χ1v) is 5.47.